The molecule has 0 amide bonds. The number of benzene rings is 7. The Hall–Kier alpha value is -5.66. The van der Waals surface area contributed by atoms with Crippen molar-refractivity contribution < 1.29 is 0 Å². The van der Waals surface area contributed by atoms with Gasteiger partial charge in [-0.2, -0.15) is 0 Å². The predicted molar refractivity (Wildman–Crippen MR) is 235 cm³/mol. The van der Waals surface area contributed by atoms with Crippen LogP contribution in [0.2, 0.25) is 0 Å². The van der Waals surface area contributed by atoms with Gasteiger partial charge in [0.1, 0.15) is 0 Å². The fraction of sp³-hybridized carbons (Fsp3) is 0.250. The number of nitrogens with zero attached hydrogens (tertiary/aromatic N) is 1. The summed E-state index contributed by atoms with van der Waals surface area (Å²) in [5, 5.41) is 0. The third-order valence-electron chi connectivity index (χ3n) is 16.4. The molecule has 0 heterocycles. The standard InChI is InChI=1S/C56H47N/c1-54(2)49-16-10-9-15-45(49)46-25-22-44(32-51(46)54)57(42-20-17-38(18-21-42)36-11-5-3-6-12-36)43-23-26-50-48(31-43)47-24-19-39(37-13-7-4-8-14-37)29-52(47)56(50)41-28-35-27-40-30-53(56)55(40,33-35)34-41/h3-26,29,31-32,35,40-41,53H,27-28,30,33-34H2,1-2H3. The van der Waals surface area contributed by atoms with Gasteiger partial charge in [0.25, 0.3) is 0 Å². The number of hydrogen-bond donors (Lipinski definition) is 0. The highest BCUT2D eigenvalue weighted by molar-refractivity contribution is 5.91. The normalized spacial score (nSPS) is 27.1. The first-order chi connectivity index (χ1) is 27.9. The first-order valence-corrected chi connectivity index (χ1v) is 21.5. The maximum Gasteiger partial charge on any atom is 0.0468 e. The molecule has 6 aliphatic rings. The highest BCUT2D eigenvalue weighted by Gasteiger charge is 2.76. The van der Waals surface area contributed by atoms with Crippen LogP contribution in [0, 0.1) is 29.1 Å². The lowest BCUT2D eigenvalue weighted by Gasteiger charge is -2.54. The number of anilines is 3. The van der Waals surface area contributed by atoms with E-state index in [-0.39, 0.29) is 10.8 Å². The van der Waals surface area contributed by atoms with Crippen molar-refractivity contribution in [3.8, 4) is 44.5 Å². The van der Waals surface area contributed by atoms with E-state index in [4.69, 9.17) is 0 Å². The lowest BCUT2D eigenvalue weighted by molar-refractivity contribution is -0.0193. The van der Waals surface area contributed by atoms with Crippen molar-refractivity contribution in [1.82, 2.24) is 0 Å². The fourth-order valence-corrected chi connectivity index (χ4v) is 14.2. The Morgan fingerprint density at radius 1 is 0.421 bits per heavy atom. The molecule has 7 aromatic rings. The summed E-state index contributed by atoms with van der Waals surface area (Å²) in [4.78, 5) is 2.53. The van der Waals surface area contributed by atoms with Crippen LogP contribution in [-0.4, -0.2) is 0 Å². The van der Waals surface area contributed by atoms with Crippen LogP contribution in [-0.2, 0) is 10.8 Å². The molecule has 4 saturated carbocycles. The van der Waals surface area contributed by atoms with Crippen LogP contribution in [0.1, 0.15) is 68.2 Å². The number of rotatable bonds is 5. The molecule has 0 aromatic heterocycles. The van der Waals surface area contributed by atoms with E-state index in [1.54, 1.807) is 11.1 Å². The maximum atomic E-state index is 2.64. The van der Waals surface area contributed by atoms with E-state index >= 15 is 0 Å². The van der Waals surface area contributed by atoms with Crippen molar-refractivity contribution in [2.75, 3.05) is 4.90 Å². The molecular formula is C56H47N. The van der Waals surface area contributed by atoms with Crippen LogP contribution in [0.15, 0.2) is 164 Å². The summed E-state index contributed by atoms with van der Waals surface area (Å²) in [5.41, 5.74) is 21.1. The van der Waals surface area contributed by atoms with Crippen LogP contribution in [0.25, 0.3) is 44.5 Å². The Labute approximate surface area is 337 Å². The highest BCUT2D eigenvalue weighted by Crippen LogP contribution is 2.83. The molecule has 6 atom stereocenters. The second kappa shape index (κ2) is 11.3. The maximum absolute atomic E-state index is 2.64. The molecule has 276 valence electrons. The largest absolute Gasteiger partial charge is 0.310 e. The molecule has 13 rings (SSSR count). The lowest BCUT2D eigenvalue weighted by atomic mass is 9.49. The van der Waals surface area contributed by atoms with Crippen LogP contribution >= 0.6 is 0 Å². The van der Waals surface area contributed by atoms with Gasteiger partial charge in [-0.3, -0.25) is 0 Å². The van der Waals surface area contributed by atoms with E-state index in [2.05, 4.69) is 183 Å². The zero-order valence-electron chi connectivity index (χ0n) is 32.9. The van der Waals surface area contributed by atoms with Gasteiger partial charge >= 0.3 is 0 Å². The smallest absolute Gasteiger partial charge is 0.0468 e. The van der Waals surface area contributed by atoms with Crippen molar-refractivity contribution in [3.05, 3.63) is 186 Å². The Bertz CT molecular complexity index is 2780. The van der Waals surface area contributed by atoms with Crippen molar-refractivity contribution in [1.29, 1.82) is 0 Å². The molecule has 1 nitrogen and oxygen atoms in total. The minimum absolute atomic E-state index is 0.0791. The van der Waals surface area contributed by atoms with Crippen molar-refractivity contribution in [3.63, 3.8) is 0 Å². The summed E-state index contributed by atoms with van der Waals surface area (Å²) < 4.78 is 0. The Morgan fingerprint density at radius 3 is 1.82 bits per heavy atom. The molecule has 7 aromatic carbocycles. The van der Waals surface area contributed by atoms with E-state index in [9.17, 15) is 0 Å². The average Bonchev–Trinajstić information content (AvgIpc) is 3.80. The predicted octanol–water partition coefficient (Wildman–Crippen LogP) is 14.5. The van der Waals surface area contributed by atoms with E-state index in [0.717, 1.165) is 23.7 Å². The molecule has 2 spiro atoms. The summed E-state index contributed by atoms with van der Waals surface area (Å²) in [5.74, 6) is 3.36. The molecule has 6 aliphatic carbocycles. The Balaban J connectivity index is 1.00. The first kappa shape index (κ1) is 32.4. The zero-order valence-corrected chi connectivity index (χ0v) is 32.9. The average molecular weight is 734 g/mol. The van der Waals surface area contributed by atoms with Gasteiger partial charge in [0, 0.05) is 27.9 Å². The minimum atomic E-state index is -0.0791. The second-order valence-electron chi connectivity index (χ2n) is 19.0. The fourth-order valence-electron chi connectivity index (χ4n) is 14.2. The molecular weight excluding hydrogens is 687 g/mol. The lowest BCUT2D eigenvalue weighted by Crippen LogP contribution is -2.50. The van der Waals surface area contributed by atoms with Gasteiger partial charge in [0.15, 0.2) is 0 Å². The number of hydrogen-bond acceptors (Lipinski definition) is 1. The van der Waals surface area contributed by atoms with Crippen LogP contribution in [0.5, 0.6) is 0 Å². The van der Waals surface area contributed by atoms with Gasteiger partial charge in [-0.1, -0.05) is 135 Å². The third-order valence-corrected chi connectivity index (χ3v) is 16.4. The van der Waals surface area contributed by atoms with Crippen LogP contribution in [0.3, 0.4) is 0 Å². The molecule has 0 radical (unpaired) electrons. The van der Waals surface area contributed by atoms with Gasteiger partial charge in [0.2, 0.25) is 0 Å². The van der Waals surface area contributed by atoms with Gasteiger partial charge in [-0.05, 0) is 170 Å². The monoisotopic (exact) mass is 733 g/mol. The van der Waals surface area contributed by atoms with Gasteiger partial charge < -0.3 is 4.90 Å². The SMILES string of the molecule is CC1(C)c2ccccc2-c2ccc(N(c3ccc(-c4ccccc4)cc3)c3ccc4c(c3)-c3ccc(-c5ccccc5)cc3C43C4CC5CC6CC3C6(C5)C4)cc21. The summed E-state index contributed by atoms with van der Waals surface area (Å²) in [6.45, 7) is 4.79. The Morgan fingerprint density at radius 2 is 1.02 bits per heavy atom. The molecule has 0 aliphatic heterocycles. The molecule has 1 heteroatoms. The molecule has 0 saturated heterocycles. The van der Waals surface area contributed by atoms with Crippen molar-refractivity contribution in [2.24, 2.45) is 29.1 Å². The van der Waals surface area contributed by atoms with Crippen LogP contribution in [0.4, 0.5) is 17.1 Å². The molecule has 3 bridgehead atoms. The quantitative estimate of drug-likeness (QED) is 0.170. The van der Waals surface area contributed by atoms with Gasteiger partial charge in [-0.15, -0.1) is 0 Å². The van der Waals surface area contributed by atoms with Crippen molar-refractivity contribution >= 4 is 17.1 Å². The first-order valence-electron chi connectivity index (χ1n) is 21.5. The molecule has 4 fully saturated rings. The Kier molecular flexibility index (Phi) is 6.40. The van der Waals surface area contributed by atoms with E-state index < -0.39 is 0 Å². The zero-order chi connectivity index (χ0) is 37.7. The molecule has 6 unspecified atom stereocenters. The van der Waals surface area contributed by atoms with Crippen molar-refractivity contribution in [2.45, 2.75) is 56.8 Å². The van der Waals surface area contributed by atoms with E-state index in [1.165, 1.54) is 105 Å². The molecule has 0 N–H and O–H groups in total. The molecule has 57 heavy (non-hydrogen) atoms. The van der Waals surface area contributed by atoms with Crippen LogP contribution < -0.4 is 4.90 Å². The van der Waals surface area contributed by atoms with E-state index in [0.29, 0.717) is 5.41 Å². The second-order valence-corrected chi connectivity index (χ2v) is 19.0. The van der Waals surface area contributed by atoms with Gasteiger partial charge in [-0.25, -0.2) is 0 Å². The minimum Gasteiger partial charge on any atom is -0.310 e. The summed E-state index contributed by atoms with van der Waals surface area (Å²) in [7, 11) is 0. The van der Waals surface area contributed by atoms with E-state index in [1.807, 2.05) is 0 Å². The topological polar surface area (TPSA) is 3.24 Å². The summed E-state index contributed by atoms with van der Waals surface area (Å²) >= 11 is 0. The van der Waals surface area contributed by atoms with Gasteiger partial charge in [0.05, 0.1) is 0 Å². The number of fused-ring (bicyclic) bond motifs is 12. The summed E-state index contributed by atoms with van der Waals surface area (Å²) in [6.07, 6.45) is 7.22. The summed E-state index contributed by atoms with van der Waals surface area (Å²) in [6, 6.07) is 62.6. The highest BCUT2D eigenvalue weighted by atomic mass is 15.1. The third kappa shape index (κ3) is 4.15.